The highest BCUT2D eigenvalue weighted by molar-refractivity contribution is 6.27. The predicted molar refractivity (Wildman–Crippen MR) is 76.8 cm³/mol. The van der Waals surface area contributed by atoms with Crippen LogP contribution in [0.4, 0.5) is 0 Å². The van der Waals surface area contributed by atoms with Gasteiger partial charge in [-0.3, -0.25) is 4.79 Å². The van der Waals surface area contributed by atoms with E-state index >= 15 is 0 Å². The van der Waals surface area contributed by atoms with Crippen molar-refractivity contribution in [3.05, 3.63) is 52.0 Å². The van der Waals surface area contributed by atoms with E-state index in [1.54, 1.807) is 25.1 Å². The Kier molecular flexibility index (Phi) is 3.77. The summed E-state index contributed by atoms with van der Waals surface area (Å²) in [6.45, 7) is 8.83. The molecule has 5 nitrogen and oxygen atoms in total. The summed E-state index contributed by atoms with van der Waals surface area (Å²) in [4.78, 5) is 15.7. The lowest BCUT2D eigenvalue weighted by Crippen LogP contribution is -1.97. The van der Waals surface area contributed by atoms with Crippen molar-refractivity contribution < 1.29 is 14.3 Å². The first-order chi connectivity index (χ1) is 10.1. The van der Waals surface area contributed by atoms with Gasteiger partial charge < -0.3 is 9.47 Å². The van der Waals surface area contributed by atoms with Crippen LogP contribution in [0.1, 0.15) is 22.8 Å². The first kappa shape index (κ1) is 14.4. The summed E-state index contributed by atoms with van der Waals surface area (Å²) < 4.78 is 10.4. The second kappa shape index (κ2) is 5.52. The molecule has 0 saturated heterocycles. The number of hydrogen-bond acceptors (Lipinski definition) is 4. The average molecular weight is 280 g/mol. The van der Waals surface area contributed by atoms with Crippen molar-refractivity contribution in [2.75, 3.05) is 14.2 Å². The number of allylic oxidation sites excluding steroid dienone is 4. The van der Waals surface area contributed by atoms with Crippen LogP contribution in [0, 0.1) is 17.9 Å². The number of carbonyl (C=O) groups is 1. The molecule has 1 aromatic carbocycles. The molecule has 21 heavy (non-hydrogen) atoms. The van der Waals surface area contributed by atoms with Crippen molar-refractivity contribution >= 4 is 11.4 Å². The lowest BCUT2D eigenvalue weighted by atomic mass is 10.0. The van der Waals surface area contributed by atoms with Gasteiger partial charge in [0.2, 0.25) is 0 Å². The molecule has 0 spiro atoms. The highest BCUT2D eigenvalue weighted by Gasteiger charge is 2.33. The van der Waals surface area contributed by atoms with Crippen molar-refractivity contribution in [2.45, 2.75) is 6.92 Å². The highest BCUT2D eigenvalue weighted by Crippen LogP contribution is 2.44. The molecule has 1 aliphatic carbocycles. The van der Waals surface area contributed by atoms with Crippen molar-refractivity contribution in [2.24, 2.45) is 0 Å². The van der Waals surface area contributed by atoms with Crippen molar-refractivity contribution in [1.82, 2.24) is 0 Å². The number of benzene rings is 1. The van der Waals surface area contributed by atoms with Crippen LogP contribution >= 0.6 is 0 Å². The maximum absolute atomic E-state index is 12.4. The number of nitrogens with zero attached hydrogens (tertiary/aromatic N) is 2. The second-order valence-electron chi connectivity index (χ2n) is 4.23. The number of methoxy groups -OCH3 is 2. The van der Waals surface area contributed by atoms with Crippen LogP contribution in [0.3, 0.4) is 0 Å². The Labute approximate surface area is 122 Å². The molecule has 1 aliphatic rings. The standard InChI is InChI=1S/C16H12N2O3/c1-5-9-15(12(8-17)18-2)10-6-13(20-3)14(21-4)7-11(10)16(9)19/h5-7H,1,3-4H3/b9-5-,15-12?. The van der Waals surface area contributed by atoms with Crippen LogP contribution < -0.4 is 9.47 Å². The molecule has 0 N–H and O–H groups in total. The molecule has 0 fully saturated rings. The number of nitriles is 1. The molecular weight excluding hydrogens is 268 g/mol. The van der Waals surface area contributed by atoms with Gasteiger partial charge in [0.25, 0.3) is 5.70 Å². The van der Waals surface area contributed by atoms with Gasteiger partial charge in [-0.1, -0.05) is 6.08 Å². The van der Waals surface area contributed by atoms with Gasteiger partial charge in [0, 0.05) is 16.7 Å². The van der Waals surface area contributed by atoms with E-state index in [1.807, 2.05) is 6.07 Å². The van der Waals surface area contributed by atoms with Crippen LogP contribution in [0.25, 0.3) is 10.4 Å². The molecule has 1 aromatic rings. The Morgan fingerprint density at radius 2 is 1.86 bits per heavy atom. The Morgan fingerprint density at radius 1 is 1.29 bits per heavy atom. The fraction of sp³-hybridized carbons (Fsp3) is 0.188. The molecule has 0 saturated carbocycles. The minimum atomic E-state index is -0.222. The van der Waals surface area contributed by atoms with Gasteiger partial charge in [-0.25, -0.2) is 10.1 Å². The molecule has 104 valence electrons. The van der Waals surface area contributed by atoms with E-state index in [9.17, 15) is 4.79 Å². The minimum Gasteiger partial charge on any atom is -0.493 e. The lowest BCUT2D eigenvalue weighted by molar-refractivity contribution is 0.104. The van der Waals surface area contributed by atoms with Crippen molar-refractivity contribution in [1.29, 1.82) is 5.26 Å². The first-order valence-corrected chi connectivity index (χ1v) is 6.12. The zero-order chi connectivity index (χ0) is 15.6. The van der Waals surface area contributed by atoms with Gasteiger partial charge in [-0.2, -0.15) is 0 Å². The van der Waals surface area contributed by atoms with Gasteiger partial charge in [0.15, 0.2) is 17.3 Å². The number of fused-ring (bicyclic) bond motifs is 1. The van der Waals surface area contributed by atoms with Gasteiger partial charge in [-0.15, -0.1) is 0 Å². The topological polar surface area (TPSA) is 63.7 Å². The third-order valence-corrected chi connectivity index (χ3v) is 3.29. The van der Waals surface area contributed by atoms with Crippen molar-refractivity contribution in [3.8, 4) is 17.6 Å². The van der Waals surface area contributed by atoms with Gasteiger partial charge in [0.05, 0.1) is 26.9 Å². The third kappa shape index (κ3) is 2.05. The zero-order valence-electron chi connectivity index (χ0n) is 11.9. The Morgan fingerprint density at radius 3 is 2.29 bits per heavy atom. The molecule has 0 bridgehead atoms. The first-order valence-electron chi connectivity index (χ1n) is 6.12. The number of ketones is 1. The summed E-state index contributed by atoms with van der Waals surface area (Å²) in [6, 6.07) is 5.05. The minimum absolute atomic E-state index is 0.109. The molecule has 0 atom stereocenters. The van der Waals surface area contributed by atoms with E-state index in [1.165, 1.54) is 14.2 Å². The Balaban J connectivity index is 2.88. The summed E-state index contributed by atoms with van der Waals surface area (Å²) in [5, 5.41) is 9.12. The number of Topliss-reactive ketones (excluding diaryl/α,β-unsaturated/α-hetero) is 1. The number of rotatable bonds is 2. The molecule has 5 heteroatoms. The maximum atomic E-state index is 12.4. The van der Waals surface area contributed by atoms with E-state index in [2.05, 4.69) is 4.85 Å². The van der Waals surface area contributed by atoms with Crippen molar-refractivity contribution in [3.63, 3.8) is 0 Å². The molecule has 2 rings (SSSR count). The van der Waals surface area contributed by atoms with E-state index in [0.29, 0.717) is 33.8 Å². The third-order valence-electron chi connectivity index (χ3n) is 3.29. The van der Waals surface area contributed by atoms with E-state index < -0.39 is 0 Å². The summed E-state index contributed by atoms with van der Waals surface area (Å²) in [6.07, 6.45) is 1.61. The van der Waals surface area contributed by atoms with Crippen LogP contribution in [0.15, 0.2) is 29.5 Å². The molecule has 0 radical (unpaired) electrons. The molecule has 0 aromatic heterocycles. The van der Waals surface area contributed by atoms with E-state index in [0.717, 1.165) is 0 Å². The number of hydrogen-bond donors (Lipinski definition) is 0. The monoisotopic (exact) mass is 280 g/mol. The summed E-state index contributed by atoms with van der Waals surface area (Å²) in [5.41, 5.74) is 1.54. The van der Waals surface area contributed by atoms with E-state index in [-0.39, 0.29) is 11.5 Å². The second-order valence-corrected chi connectivity index (χ2v) is 4.23. The number of carbonyl (C=O) groups excluding carboxylic acids is 1. The predicted octanol–water partition coefficient (Wildman–Crippen LogP) is 3.00. The van der Waals surface area contributed by atoms with Crippen LogP contribution in [-0.4, -0.2) is 20.0 Å². The zero-order valence-corrected chi connectivity index (χ0v) is 11.9. The molecule has 0 aliphatic heterocycles. The van der Waals surface area contributed by atoms with E-state index in [4.69, 9.17) is 21.3 Å². The fourth-order valence-electron chi connectivity index (χ4n) is 2.34. The largest absolute Gasteiger partial charge is 0.493 e. The van der Waals surface area contributed by atoms with Crippen LogP contribution in [0.2, 0.25) is 0 Å². The van der Waals surface area contributed by atoms with Gasteiger partial charge in [0.1, 0.15) is 0 Å². The lowest BCUT2D eigenvalue weighted by Gasteiger charge is -2.09. The normalized spacial score (nSPS) is 17.0. The van der Waals surface area contributed by atoms with Crippen LogP contribution in [-0.2, 0) is 0 Å². The molecule has 0 amide bonds. The summed E-state index contributed by atoms with van der Waals surface area (Å²) in [7, 11) is 2.97. The highest BCUT2D eigenvalue weighted by atomic mass is 16.5. The molecular formula is C16H12N2O3. The average Bonchev–Trinajstić information content (AvgIpc) is 2.79. The summed E-state index contributed by atoms with van der Waals surface area (Å²) >= 11 is 0. The van der Waals surface area contributed by atoms with Crippen LogP contribution in [0.5, 0.6) is 11.5 Å². The maximum Gasteiger partial charge on any atom is 0.270 e. The number of ether oxygens (including phenoxy) is 2. The molecule has 0 unspecified atom stereocenters. The quantitative estimate of drug-likeness (QED) is 0.474. The Bertz CT molecular complexity index is 758. The van der Waals surface area contributed by atoms with Gasteiger partial charge in [-0.05, 0) is 24.6 Å². The summed E-state index contributed by atoms with van der Waals surface area (Å²) in [5.74, 6) is 0.656. The smallest absolute Gasteiger partial charge is 0.270 e. The Hall–Kier alpha value is -3.05. The fourth-order valence-corrected chi connectivity index (χ4v) is 2.34. The van der Waals surface area contributed by atoms with Gasteiger partial charge >= 0.3 is 0 Å². The SMILES string of the molecule is [C-]#[N+]C(C#N)=C1/C(=C/C)C(=O)c2cc(OC)c(OC)cc21. The molecule has 0 heterocycles.